The number of hydrogen-bond donors (Lipinski definition) is 3. The minimum atomic E-state index is -1.18. The molecule has 0 radical (unpaired) electrons. The minimum Gasteiger partial charge on any atom is -0.378 e. The van der Waals surface area contributed by atoms with E-state index in [9.17, 15) is 9.90 Å². The van der Waals surface area contributed by atoms with Gasteiger partial charge in [0.2, 0.25) is 0 Å². The first-order valence-electron chi connectivity index (χ1n) is 9.90. The van der Waals surface area contributed by atoms with Gasteiger partial charge in [-0.05, 0) is 30.4 Å². The molecular weight excluding hydrogens is 354 g/mol. The fraction of sp³-hybridized carbons (Fsp3) is 0.409. The number of benzene rings is 2. The number of ether oxygens (including phenoxy) is 1. The molecule has 1 heterocycles. The second kappa shape index (κ2) is 10.9. The molecule has 2 aromatic carbocycles. The summed E-state index contributed by atoms with van der Waals surface area (Å²) in [7, 11) is 0. The van der Waals surface area contributed by atoms with Crippen molar-refractivity contribution in [1.82, 2.24) is 15.8 Å². The molecule has 2 atom stereocenters. The van der Waals surface area contributed by atoms with Crippen molar-refractivity contribution >= 4 is 5.91 Å². The summed E-state index contributed by atoms with van der Waals surface area (Å²) in [6, 6.07) is 19.2. The van der Waals surface area contributed by atoms with Crippen LogP contribution < -0.4 is 10.7 Å². The van der Waals surface area contributed by atoms with Gasteiger partial charge in [-0.25, -0.2) is 0 Å². The van der Waals surface area contributed by atoms with E-state index in [0.717, 1.165) is 38.9 Å². The van der Waals surface area contributed by atoms with Crippen LogP contribution in [0.3, 0.4) is 0 Å². The molecule has 0 bridgehead atoms. The fourth-order valence-corrected chi connectivity index (χ4v) is 3.29. The van der Waals surface area contributed by atoms with Gasteiger partial charge in [0.25, 0.3) is 5.91 Å². The molecule has 1 fully saturated rings. The summed E-state index contributed by atoms with van der Waals surface area (Å²) in [5, 5.41) is 15.5. The molecule has 3 N–H and O–H groups in total. The maximum absolute atomic E-state index is 12.4. The number of hydrogen-bond acceptors (Lipinski definition) is 5. The zero-order valence-electron chi connectivity index (χ0n) is 16.1. The van der Waals surface area contributed by atoms with Gasteiger partial charge in [-0.3, -0.25) is 10.2 Å². The largest absolute Gasteiger partial charge is 0.378 e. The topological polar surface area (TPSA) is 73.8 Å². The van der Waals surface area contributed by atoms with Crippen molar-refractivity contribution in [3.8, 4) is 0 Å². The number of hydrazine groups is 1. The Labute approximate surface area is 166 Å². The molecule has 150 valence electrons. The van der Waals surface area contributed by atoms with Crippen LogP contribution >= 0.6 is 0 Å². The second-order valence-electron chi connectivity index (χ2n) is 6.97. The summed E-state index contributed by atoms with van der Waals surface area (Å²) in [6.07, 6.45) is 1.57. The highest BCUT2D eigenvalue weighted by molar-refractivity contribution is 5.81. The number of aliphatic hydroxyl groups excluding tert-OH is 1. The number of piperidine rings is 1. The maximum atomic E-state index is 12.4. The number of carbonyl (C=O) groups excluding carboxylic acids is 1. The lowest BCUT2D eigenvalue weighted by atomic mass is 10.1. The van der Waals surface area contributed by atoms with Crippen LogP contribution in [0, 0.1) is 0 Å². The monoisotopic (exact) mass is 383 g/mol. The molecule has 0 spiro atoms. The quantitative estimate of drug-likeness (QED) is 0.580. The van der Waals surface area contributed by atoms with Gasteiger partial charge in [-0.2, -0.15) is 5.01 Å². The van der Waals surface area contributed by atoms with E-state index in [-0.39, 0.29) is 6.23 Å². The van der Waals surface area contributed by atoms with Crippen molar-refractivity contribution in [3.05, 3.63) is 71.8 Å². The van der Waals surface area contributed by atoms with Crippen molar-refractivity contribution in [1.29, 1.82) is 0 Å². The van der Waals surface area contributed by atoms with Gasteiger partial charge in [-0.1, -0.05) is 60.7 Å². The predicted octanol–water partition coefficient (Wildman–Crippen LogP) is 2.37. The van der Waals surface area contributed by atoms with E-state index in [1.807, 2.05) is 29.3 Å². The van der Waals surface area contributed by atoms with Gasteiger partial charge < -0.3 is 15.2 Å². The van der Waals surface area contributed by atoms with Gasteiger partial charge in [0.1, 0.15) is 6.23 Å². The van der Waals surface area contributed by atoms with Crippen molar-refractivity contribution < 1.29 is 14.6 Å². The van der Waals surface area contributed by atoms with Gasteiger partial charge in [0.15, 0.2) is 6.10 Å². The van der Waals surface area contributed by atoms with Crippen LogP contribution in [0.2, 0.25) is 0 Å². The number of nitrogens with one attached hydrogen (secondary N) is 2. The molecule has 0 aliphatic carbocycles. The highest BCUT2D eigenvalue weighted by atomic mass is 16.5. The molecule has 0 aromatic heterocycles. The predicted molar refractivity (Wildman–Crippen MR) is 108 cm³/mol. The van der Waals surface area contributed by atoms with Gasteiger partial charge in [0, 0.05) is 19.6 Å². The van der Waals surface area contributed by atoms with Gasteiger partial charge in [-0.15, -0.1) is 0 Å². The van der Waals surface area contributed by atoms with Crippen LogP contribution in [0.5, 0.6) is 0 Å². The summed E-state index contributed by atoms with van der Waals surface area (Å²) >= 11 is 0. The van der Waals surface area contributed by atoms with Crippen molar-refractivity contribution in [2.45, 2.75) is 38.1 Å². The van der Waals surface area contributed by atoms with Crippen LogP contribution in [0.4, 0.5) is 0 Å². The van der Waals surface area contributed by atoms with E-state index in [1.165, 1.54) is 5.56 Å². The zero-order valence-corrected chi connectivity index (χ0v) is 16.1. The van der Waals surface area contributed by atoms with Gasteiger partial charge >= 0.3 is 0 Å². The smallest absolute Gasteiger partial charge is 0.267 e. The highest BCUT2D eigenvalue weighted by Gasteiger charge is 2.27. The number of carbonyl (C=O) groups is 1. The standard InChI is InChI=1S/C22H29N3O3/c26-21(19-11-5-2-6-12-19)22(27)24-25-15-8-7-13-20(25)28-16-14-23-17-18-9-3-1-4-10-18/h1-6,9-12,20-21,23,26H,7-8,13-17H2,(H,24,27). The normalized spacial score (nSPS) is 18.5. The molecule has 2 unspecified atom stereocenters. The van der Waals surface area contributed by atoms with Crippen LogP contribution in [0.15, 0.2) is 60.7 Å². The lowest BCUT2D eigenvalue weighted by molar-refractivity contribution is -0.149. The van der Waals surface area contributed by atoms with Crippen LogP contribution in [0.1, 0.15) is 36.5 Å². The minimum absolute atomic E-state index is 0.167. The molecule has 1 amide bonds. The van der Waals surface area contributed by atoms with E-state index >= 15 is 0 Å². The Hall–Kier alpha value is -2.25. The first-order valence-corrected chi connectivity index (χ1v) is 9.90. The first-order chi connectivity index (χ1) is 13.7. The Morgan fingerprint density at radius 2 is 1.82 bits per heavy atom. The highest BCUT2D eigenvalue weighted by Crippen LogP contribution is 2.18. The Balaban J connectivity index is 1.42. The van der Waals surface area contributed by atoms with E-state index < -0.39 is 12.0 Å². The maximum Gasteiger partial charge on any atom is 0.267 e. The number of aliphatic hydroxyl groups is 1. The molecule has 0 saturated carbocycles. The van der Waals surface area contributed by atoms with Crippen molar-refractivity contribution in [2.75, 3.05) is 19.7 Å². The van der Waals surface area contributed by atoms with E-state index in [2.05, 4.69) is 22.9 Å². The Kier molecular flexibility index (Phi) is 7.99. The van der Waals surface area contributed by atoms with E-state index in [1.54, 1.807) is 24.3 Å². The van der Waals surface area contributed by atoms with Crippen LogP contribution in [-0.2, 0) is 16.1 Å². The third-order valence-corrected chi connectivity index (χ3v) is 4.83. The Morgan fingerprint density at radius 1 is 1.11 bits per heavy atom. The summed E-state index contributed by atoms with van der Waals surface area (Å²) in [4.78, 5) is 12.4. The summed E-state index contributed by atoms with van der Waals surface area (Å²) in [6.45, 7) is 2.82. The molecule has 1 aliphatic rings. The Bertz CT molecular complexity index is 711. The van der Waals surface area contributed by atoms with E-state index in [4.69, 9.17) is 4.74 Å². The molecule has 1 saturated heterocycles. The van der Waals surface area contributed by atoms with Crippen LogP contribution in [0.25, 0.3) is 0 Å². The summed E-state index contributed by atoms with van der Waals surface area (Å²) in [5.41, 5.74) is 4.66. The Morgan fingerprint density at radius 3 is 2.57 bits per heavy atom. The lowest BCUT2D eigenvalue weighted by Gasteiger charge is -2.35. The van der Waals surface area contributed by atoms with E-state index in [0.29, 0.717) is 12.2 Å². The fourth-order valence-electron chi connectivity index (χ4n) is 3.29. The number of nitrogens with zero attached hydrogens (tertiary/aromatic N) is 1. The molecule has 28 heavy (non-hydrogen) atoms. The van der Waals surface area contributed by atoms with Crippen molar-refractivity contribution in [2.24, 2.45) is 0 Å². The zero-order chi connectivity index (χ0) is 19.6. The average Bonchev–Trinajstić information content (AvgIpc) is 2.75. The van der Waals surface area contributed by atoms with Crippen LogP contribution in [-0.4, -0.2) is 41.9 Å². The molecule has 3 rings (SSSR count). The number of rotatable bonds is 9. The second-order valence-corrected chi connectivity index (χ2v) is 6.97. The number of amides is 1. The molecule has 6 nitrogen and oxygen atoms in total. The first kappa shape index (κ1) is 20.5. The summed E-state index contributed by atoms with van der Waals surface area (Å²) < 4.78 is 5.99. The summed E-state index contributed by atoms with van der Waals surface area (Å²) in [5.74, 6) is -0.427. The molecule has 2 aromatic rings. The third kappa shape index (κ3) is 6.14. The molecular formula is C22H29N3O3. The lowest BCUT2D eigenvalue weighted by Crippen LogP contribution is -2.53. The van der Waals surface area contributed by atoms with Gasteiger partial charge in [0.05, 0.1) is 6.61 Å². The molecule has 6 heteroatoms. The molecule has 1 aliphatic heterocycles. The SMILES string of the molecule is O=C(NN1CCCCC1OCCNCc1ccccc1)C(O)c1ccccc1. The average molecular weight is 383 g/mol. The third-order valence-electron chi connectivity index (χ3n) is 4.83. The van der Waals surface area contributed by atoms with Crippen molar-refractivity contribution in [3.63, 3.8) is 0 Å².